The lowest BCUT2D eigenvalue weighted by Gasteiger charge is -2.40. The van der Waals surface area contributed by atoms with Gasteiger partial charge in [-0.25, -0.2) is 4.98 Å². The van der Waals surface area contributed by atoms with Crippen molar-refractivity contribution in [2.24, 2.45) is 11.8 Å². The summed E-state index contributed by atoms with van der Waals surface area (Å²) in [6, 6.07) is 0. The predicted molar refractivity (Wildman–Crippen MR) is 106 cm³/mol. The van der Waals surface area contributed by atoms with Gasteiger partial charge in [0.1, 0.15) is 5.82 Å². The van der Waals surface area contributed by atoms with Gasteiger partial charge >= 0.3 is 0 Å². The molecule has 1 saturated heterocycles. The summed E-state index contributed by atoms with van der Waals surface area (Å²) in [4.78, 5) is 16.0. The lowest BCUT2D eigenvalue weighted by molar-refractivity contribution is 0.133. The molecule has 1 N–H and O–H groups in total. The second-order valence-corrected chi connectivity index (χ2v) is 7.76. The molecule has 0 amide bonds. The topological polar surface area (TPSA) is 65.0 Å². The molecule has 0 saturated carbocycles. The van der Waals surface area contributed by atoms with Crippen molar-refractivity contribution in [2.75, 3.05) is 77.4 Å². The van der Waals surface area contributed by atoms with Crippen molar-refractivity contribution < 1.29 is 9.84 Å². The highest BCUT2D eigenvalue weighted by Crippen LogP contribution is 2.29. The second-order valence-electron chi connectivity index (χ2n) is 7.76. The molecule has 7 nitrogen and oxygen atoms in total. The first-order chi connectivity index (χ1) is 12.3. The zero-order valence-corrected chi connectivity index (χ0v) is 17.2. The van der Waals surface area contributed by atoms with E-state index < -0.39 is 0 Å². The Kier molecular flexibility index (Phi) is 7.61. The molecule has 7 heteroatoms. The number of aromatic nitrogens is 2. The maximum Gasteiger partial charge on any atom is 0.227 e. The van der Waals surface area contributed by atoms with Crippen LogP contribution >= 0.6 is 0 Å². The van der Waals surface area contributed by atoms with E-state index in [1.165, 1.54) is 0 Å². The summed E-state index contributed by atoms with van der Waals surface area (Å²) >= 11 is 0. The zero-order valence-electron chi connectivity index (χ0n) is 17.2. The summed E-state index contributed by atoms with van der Waals surface area (Å²) in [5.41, 5.74) is 2.14. The van der Waals surface area contributed by atoms with Gasteiger partial charge in [0.05, 0.1) is 6.61 Å². The molecule has 0 radical (unpaired) electrons. The van der Waals surface area contributed by atoms with Crippen LogP contribution in [0.15, 0.2) is 0 Å². The number of aryl methyl sites for hydroxylation is 1. The fourth-order valence-electron chi connectivity index (χ4n) is 3.64. The Bertz CT molecular complexity index is 581. The number of hydrogen-bond donors (Lipinski definition) is 1. The van der Waals surface area contributed by atoms with Crippen LogP contribution in [0.2, 0.25) is 0 Å². The van der Waals surface area contributed by atoms with Crippen LogP contribution in [-0.4, -0.2) is 87.6 Å². The van der Waals surface area contributed by atoms with Gasteiger partial charge in [-0.05, 0) is 39.2 Å². The summed E-state index contributed by atoms with van der Waals surface area (Å²) in [6.45, 7) is 8.82. The second kappa shape index (κ2) is 9.48. The van der Waals surface area contributed by atoms with Gasteiger partial charge in [-0.3, -0.25) is 0 Å². The predicted octanol–water partition coefficient (Wildman–Crippen LogP) is 1.17. The molecule has 26 heavy (non-hydrogen) atoms. The van der Waals surface area contributed by atoms with Crippen LogP contribution in [0.3, 0.4) is 0 Å². The first-order valence-electron chi connectivity index (χ1n) is 9.41. The lowest BCUT2D eigenvalue weighted by Crippen LogP contribution is -2.46. The minimum absolute atomic E-state index is 0.221. The Morgan fingerprint density at radius 1 is 1.15 bits per heavy atom. The highest BCUT2D eigenvalue weighted by Gasteiger charge is 2.30. The van der Waals surface area contributed by atoms with Crippen molar-refractivity contribution in [1.82, 2.24) is 14.9 Å². The molecule has 1 aromatic heterocycles. The molecule has 1 fully saturated rings. The number of methoxy groups -OCH3 is 1. The third kappa shape index (κ3) is 5.28. The minimum atomic E-state index is 0.221. The van der Waals surface area contributed by atoms with Crippen molar-refractivity contribution in [3.05, 3.63) is 11.3 Å². The van der Waals surface area contributed by atoms with E-state index in [0.29, 0.717) is 5.92 Å². The van der Waals surface area contributed by atoms with E-state index in [1.54, 1.807) is 7.11 Å². The molecule has 0 aromatic carbocycles. The van der Waals surface area contributed by atoms with Crippen LogP contribution in [0.5, 0.6) is 0 Å². The SMILES string of the molecule is COCCN(C)C[C@H]1C[C@H](CO)CN(c2nc(N(C)C)nc(C)c2C)C1. The first kappa shape index (κ1) is 20.9. The maximum atomic E-state index is 9.81. The normalized spacial score (nSPS) is 20.7. The van der Waals surface area contributed by atoms with E-state index in [2.05, 4.69) is 28.8 Å². The van der Waals surface area contributed by atoms with Gasteiger partial charge in [0.2, 0.25) is 5.95 Å². The first-order valence-corrected chi connectivity index (χ1v) is 9.41. The number of aliphatic hydroxyl groups is 1. The van der Waals surface area contributed by atoms with Gasteiger partial charge in [0, 0.05) is 65.2 Å². The van der Waals surface area contributed by atoms with Gasteiger partial charge in [0.15, 0.2) is 0 Å². The number of likely N-dealkylation sites (N-methyl/N-ethyl adjacent to an activating group) is 1. The molecule has 1 aliphatic heterocycles. The Morgan fingerprint density at radius 3 is 2.46 bits per heavy atom. The third-order valence-corrected chi connectivity index (χ3v) is 5.18. The standard InChI is InChI=1S/C19H35N5O2/c1-14-15(2)20-19(22(3)4)21-18(14)24-11-16(9-17(12-24)13-25)10-23(5)7-8-26-6/h16-17,25H,7-13H2,1-6H3/t16-,17+/m1/s1. The van der Waals surface area contributed by atoms with E-state index in [4.69, 9.17) is 9.72 Å². The number of aliphatic hydroxyl groups excluding tert-OH is 1. The number of nitrogens with zero attached hydrogens (tertiary/aromatic N) is 5. The number of rotatable bonds is 8. The third-order valence-electron chi connectivity index (χ3n) is 5.18. The number of piperidine rings is 1. The molecule has 1 aliphatic rings. The average Bonchev–Trinajstić information content (AvgIpc) is 2.61. The van der Waals surface area contributed by atoms with Crippen molar-refractivity contribution in [3.8, 4) is 0 Å². The molecular formula is C19H35N5O2. The Labute approximate surface area is 158 Å². The van der Waals surface area contributed by atoms with E-state index in [0.717, 1.165) is 62.2 Å². The van der Waals surface area contributed by atoms with Crippen LogP contribution in [0, 0.1) is 25.7 Å². The van der Waals surface area contributed by atoms with Gasteiger partial charge in [-0.1, -0.05) is 0 Å². The highest BCUT2D eigenvalue weighted by molar-refractivity contribution is 5.52. The molecule has 2 heterocycles. The zero-order chi connectivity index (χ0) is 19.3. The van der Waals surface area contributed by atoms with Crippen molar-refractivity contribution in [1.29, 1.82) is 0 Å². The number of hydrogen-bond acceptors (Lipinski definition) is 7. The lowest BCUT2D eigenvalue weighted by atomic mass is 9.89. The molecule has 0 unspecified atom stereocenters. The van der Waals surface area contributed by atoms with Gasteiger partial charge in [0.25, 0.3) is 0 Å². The van der Waals surface area contributed by atoms with E-state index >= 15 is 0 Å². The van der Waals surface area contributed by atoms with Crippen molar-refractivity contribution >= 4 is 11.8 Å². The molecule has 148 valence electrons. The summed E-state index contributed by atoms with van der Waals surface area (Å²) < 4.78 is 5.19. The maximum absolute atomic E-state index is 9.81. The summed E-state index contributed by atoms with van der Waals surface area (Å²) in [5, 5.41) is 9.81. The summed E-state index contributed by atoms with van der Waals surface area (Å²) in [5.74, 6) is 2.52. The smallest absolute Gasteiger partial charge is 0.227 e. The van der Waals surface area contributed by atoms with Crippen molar-refractivity contribution in [3.63, 3.8) is 0 Å². The molecule has 0 bridgehead atoms. The van der Waals surface area contributed by atoms with Gasteiger partial charge in [-0.2, -0.15) is 4.98 Å². The minimum Gasteiger partial charge on any atom is -0.396 e. The Morgan fingerprint density at radius 2 is 1.85 bits per heavy atom. The summed E-state index contributed by atoms with van der Waals surface area (Å²) in [7, 11) is 7.80. The molecule has 1 aromatic rings. The molecule has 2 rings (SSSR count). The van der Waals surface area contributed by atoms with E-state index in [9.17, 15) is 5.11 Å². The average molecular weight is 366 g/mol. The van der Waals surface area contributed by atoms with Gasteiger partial charge < -0.3 is 24.5 Å². The largest absolute Gasteiger partial charge is 0.396 e. The van der Waals surface area contributed by atoms with Crippen LogP contribution in [0.1, 0.15) is 17.7 Å². The van der Waals surface area contributed by atoms with Gasteiger partial charge in [-0.15, -0.1) is 0 Å². The summed E-state index contributed by atoms with van der Waals surface area (Å²) in [6.07, 6.45) is 1.05. The molecule has 0 aliphatic carbocycles. The van der Waals surface area contributed by atoms with Crippen LogP contribution in [0.4, 0.5) is 11.8 Å². The molecular weight excluding hydrogens is 330 g/mol. The van der Waals surface area contributed by atoms with Crippen LogP contribution < -0.4 is 9.80 Å². The fourth-order valence-corrected chi connectivity index (χ4v) is 3.64. The Balaban J connectivity index is 2.19. The fraction of sp³-hybridized carbons (Fsp3) is 0.789. The van der Waals surface area contributed by atoms with Crippen molar-refractivity contribution in [2.45, 2.75) is 20.3 Å². The van der Waals surface area contributed by atoms with E-state index in [1.807, 2.05) is 25.9 Å². The van der Waals surface area contributed by atoms with Crippen LogP contribution in [-0.2, 0) is 4.74 Å². The number of ether oxygens (including phenoxy) is 1. The number of anilines is 2. The quantitative estimate of drug-likeness (QED) is 0.742. The molecule has 0 spiro atoms. The monoisotopic (exact) mass is 365 g/mol. The molecule has 2 atom stereocenters. The van der Waals surface area contributed by atoms with E-state index in [-0.39, 0.29) is 12.5 Å². The highest BCUT2D eigenvalue weighted by atomic mass is 16.5. The van der Waals surface area contributed by atoms with Crippen LogP contribution in [0.25, 0.3) is 0 Å². The Hall–Kier alpha value is -1.44.